The molecular formula is C12H17N3O. The van der Waals surface area contributed by atoms with Gasteiger partial charge in [0, 0.05) is 18.9 Å². The van der Waals surface area contributed by atoms with Crippen LogP contribution in [0.3, 0.4) is 0 Å². The average Bonchev–Trinajstić information content (AvgIpc) is 2.69. The number of nitrogens with zero attached hydrogens (tertiary/aromatic N) is 2. The van der Waals surface area contributed by atoms with Crippen molar-refractivity contribution in [2.45, 2.75) is 20.4 Å². The minimum Gasteiger partial charge on any atom is -0.489 e. The summed E-state index contributed by atoms with van der Waals surface area (Å²) in [7, 11) is 0. The zero-order valence-corrected chi connectivity index (χ0v) is 9.68. The lowest BCUT2D eigenvalue weighted by atomic mass is 10.2. The summed E-state index contributed by atoms with van der Waals surface area (Å²) >= 11 is 0. The molecule has 16 heavy (non-hydrogen) atoms. The zero-order valence-electron chi connectivity index (χ0n) is 9.68. The number of rotatable bonds is 4. The fraction of sp³-hybridized carbons (Fsp3) is 0.417. The summed E-state index contributed by atoms with van der Waals surface area (Å²) in [5, 5.41) is 0. The van der Waals surface area contributed by atoms with Gasteiger partial charge in [-0.3, -0.25) is 0 Å². The first-order chi connectivity index (χ1) is 7.70. The summed E-state index contributed by atoms with van der Waals surface area (Å²) in [6.45, 7) is 5.39. The van der Waals surface area contributed by atoms with Gasteiger partial charge in [-0.25, -0.2) is 4.98 Å². The molecule has 0 aliphatic carbocycles. The molecule has 0 bridgehead atoms. The van der Waals surface area contributed by atoms with Gasteiger partial charge in [0.05, 0.1) is 12.3 Å². The van der Waals surface area contributed by atoms with E-state index in [1.807, 2.05) is 28.9 Å². The Kier molecular flexibility index (Phi) is 3.10. The van der Waals surface area contributed by atoms with E-state index >= 15 is 0 Å². The molecule has 0 radical (unpaired) electrons. The van der Waals surface area contributed by atoms with Crippen molar-refractivity contribution in [1.82, 2.24) is 9.38 Å². The molecule has 86 valence electrons. The van der Waals surface area contributed by atoms with E-state index in [1.165, 1.54) is 0 Å². The second-order valence-corrected chi connectivity index (χ2v) is 4.24. The van der Waals surface area contributed by atoms with Crippen LogP contribution in [0.1, 0.15) is 19.5 Å². The van der Waals surface area contributed by atoms with Gasteiger partial charge >= 0.3 is 0 Å². The van der Waals surface area contributed by atoms with Crippen molar-refractivity contribution in [3.63, 3.8) is 0 Å². The van der Waals surface area contributed by atoms with Gasteiger partial charge in [-0.2, -0.15) is 0 Å². The first kappa shape index (κ1) is 11.0. The van der Waals surface area contributed by atoms with Gasteiger partial charge in [-0.05, 0) is 18.1 Å². The highest BCUT2D eigenvalue weighted by atomic mass is 16.5. The number of pyridine rings is 1. The second-order valence-electron chi connectivity index (χ2n) is 4.24. The van der Waals surface area contributed by atoms with Crippen LogP contribution in [0.15, 0.2) is 24.5 Å². The third-order valence-electron chi connectivity index (χ3n) is 2.28. The summed E-state index contributed by atoms with van der Waals surface area (Å²) in [5.41, 5.74) is 7.28. The maximum atomic E-state index is 5.71. The lowest BCUT2D eigenvalue weighted by Crippen LogP contribution is -2.05. The zero-order chi connectivity index (χ0) is 11.5. The van der Waals surface area contributed by atoms with Gasteiger partial charge in [-0.1, -0.05) is 13.8 Å². The molecule has 0 unspecified atom stereocenters. The average molecular weight is 219 g/mol. The Hall–Kier alpha value is -1.55. The minimum atomic E-state index is 0.450. The van der Waals surface area contributed by atoms with Crippen molar-refractivity contribution >= 4 is 5.65 Å². The molecule has 0 aliphatic heterocycles. The fourth-order valence-electron chi connectivity index (χ4n) is 1.51. The normalized spacial score (nSPS) is 11.2. The van der Waals surface area contributed by atoms with E-state index in [1.54, 1.807) is 0 Å². The van der Waals surface area contributed by atoms with Crippen molar-refractivity contribution in [1.29, 1.82) is 0 Å². The van der Waals surface area contributed by atoms with Crippen LogP contribution >= 0.6 is 0 Å². The number of hydrogen-bond acceptors (Lipinski definition) is 3. The maximum absolute atomic E-state index is 5.71. The van der Waals surface area contributed by atoms with Crippen LogP contribution in [-0.2, 0) is 6.54 Å². The molecule has 0 atom stereocenters. The Labute approximate surface area is 95.0 Å². The second kappa shape index (κ2) is 4.53. The fourth-order valence-corrected chi connectivity index (χ4v) is 1.51. The highest BCUT2D eigenvalue weighted by molar-refractivity contribution is 5.54. The third kappa shape index (κ3) is 2.17. The predicted molar refractivity (Wildman–Crippen MR) is 63.4 cm³/mol. The largest absolute Gasteiger partial charge is 0.489 e. The summed E-state index contributed by atoms with van der Waals surface area (Å²) in [5.74, 6) is 1.32. The number of ether oxygens (including phenoxy) is 1. The van der Waals surface area contributed by atoms with E-state index in [0.717, 1.165) is 17.1 Å². The molecule has 2 rings (SSSR count). The Morgan fingerprint density at radius 1 is 1.50 bits per heavy atom. The van der Waals surface area contributed by atoms with E-state index in [-0.39, 0.29) is 0 Å². The number of hydrogen-bond donors (Lipinski definition) is 1. The molecule has 4 nitrogen and oxygen atoms in total. The van der Waals surface area contributed by atoms with Crippen molar-refractivity contribution in [2.24, 2.45) is 11.7 Å². The molecule has 0 saturated heterocycles. The molecule has 2 aromatic rings. The lowest BCUT2D eigenvalue weighted by molar-refractivity contribution is 0.272. The van der Waals surface area contributed by atoms with Crippen LogP contribution in [0.25, 0.3) is 5.65 Å². The molecule has 2 N–H and O–H groups in total. The van der Waals surface area contributed by atoms with Gasteiger partial charge in [0.2, 0.25) is 0 Å². The highest BCUT2D eigenvalue weighted by Crippen LogP contribution is 2.19. The topological polar surface area (TPSA) is 52.5 Å². The van der Waals surface area contributed by atoms with Crippen molar-refractivity contribution in [2.75, 3.05) is 6.61 Å². The summed E-state index contributed by atoms with van der Waals surface area (Å²) in [6, 6.07) is 3.88. The van der Waals surface area contributed by atoms with E-state index in [9.17, 15) is 0 Å². The third-order valence-corrected chi connectivity index (χ3v) is 2.28. The summed E-state index contributed by atoms with van der Waals surface area (Å²) < 4.78 is 7.66. The van der Waals surface area contributed by atoms with E-state index in [4.69, 9.17) is 10.5 Å². The Morgan fingerprint density at radius 3 is 3.00 bits per heavy atom. The SMILES string of the molecule is CC(C)COc1cccn2cc(CN)nc12. The maximum Gasteiger partial charge on any atom is 0.179 e. The Morgan fingerprint density at radius 2 is 2.31 bits per heavy atom. The minimum absolute atomic E-state index is 0.450. The van der Waals surface area contributed by atoms with Crippen molar-refractivity contribution in [3.8, 4) is 5.75 Å². The number of aromatic nitrogens is 2. The van der Waals surface area contributed by atoms with E-state index in [0.29, 0.717) is 19.1 Å². The van der Waals surface area contributed by atoms with Crippen LogP contribution < -0.4 is 10.5 Å². The first-order valence-corrected chi connectivity index (χ1v) is 5.50. The summed E-state index contributed by atoms with van der Waals surface area (Å²) in [4.78, 5) is 4.42. The van der Waals surface area contributed by atoms with Gasteiger partial charge in [0.25, 0.3) is 0 Å². The predicted octanol–water partition coefficient (Wildman–Crippen LogP) is 1.83. The van der Waals surface area contributed by atoms with E-state index < -0.39 is 0 Å². The van der Waals surface area contributed by atoms with Crippen LogP contribution in [0.4, 0.5) is 0 Å². The number of fused-ring (bicyclic) bond motifs is 1. The number of nitrogens with two attached hydrogens (primary N) is 1. The molecule has 0 spiro atoms. The van der Waals surface area contributed by atoms with Crippen LogP contribution in [0, 0.1) is 5.92 Å². The molecular weight excluding hydrogens is 202 g/mol. The van der Waals surface area contributed by atoms with Crippen LogP contribution in [0.5, 0.6) is 5.75 Å². The van der Waals surface area contributed by atoms with E-state index in [2.05, 4.69) is 18.8 Å². The number of imidazole rings is 1. The van der Waals surface area contributed by atoms with Crippen LogP contribution in [0.2, 0.25) is 0 Å². The Bertz CT molecular complexity index is 476. The molecule has 0 aliphatic rings. The standard InChI is InChI=1S/C12H17N3O/c1-9(2)8-16-11-4-3-5-15-7-10(6-13)14-12(11)15/h3-5,7,9H,6,8,13H2,1-2H3. The van der Waals surface area contributed by atoms with Crippen molar-refractivity contribution in [3.05, 3.63) is 30.2 Å². The highest BCUT2D eigenvalue weighted by Gasteiger charge is 2.06. The van der Waals surface area contributed by atoms with Gasteiger partial charge in [0.1, 0.15) is 0 Å². The Balaban J connectivity index is 2.33. The van der Waals surface area contributed by atoms with Gasteiger partial charge in [0.15, 0.2) is 11.4 Å². The van der Waals surface area contributed by atoms with Gasteiger partial charge < -0.3 is 14.9 Å². The smallest absolute Gasteiger partial charge is 0.179 e. The molecule has 0 amide bonds. The molecule has 4 heteroatoms. The van der Waals surface area contributed by atoms with Gasteiger partial charge in [-0.15, -0.1) is 0 Å². The lowest BCUT2D eigenvalue weighted by Gasteiger charge is -2.08. The summed E-state index contributed by atoms with van der Waals surface area (Å²) in [6.07, 6.45) is 3.88. The monoisotopic (exact) mass is 219 g/mol. The molecule has 0 fully saturated rings. The first-order valence-electron chi connectivity index (χ1n) is 5.50. The van der Waals surface area contributed by atoms with Crippen molar-refractivity contribution < 1.29 is 4.74 Å². The van der Waals surface area contributed by atoms with Crippen LogP contribution in [-0.4, -0.2) is 16.0 Å². The molecule has 0 saturated carbocycles. The molecule has 2 heterocycles. The quantitative estimate of drug-likeness (QED) is 0.853. The molecule has 0 aromatic carbocycles. The molecule has 2 aromatic heterocycles.